The first-order valence-electron chi connectivity index (χ1n) is 6.05. The van der Waals surface area contributed by atoms with Crippen molar-refractivity contribution in [2.45, 2.75) is 38.8 Å². The van der Waals surface area contributed by atoms with Crippen molar-refractivity contribution in [2.24, 2.45) is 5.92 Å². The predicted octanol–water partition coefficient (Wildman–Crippen LogP) is 0.942. The molecule has 0 aromatic carbocycles. The molecular formula is C12H21N3O. The third-order valence-corrected chi connectivity index (χ3v) is 3.55. The molecule has 1 heterocycles. The van der Waals surface area contributed by atoms with Gasteiger partial charge < -0.3 is 15.0 Å². The average molecular weight is 223 g/mol. The van der Waals surface area contributed by atoms with Crippen molar-refractivity contribution in [3.05, 3.63) is 18.2 Å². The number of aliphatic hydroxyl groups excluding tert-OH is 1. The van der Waals surface area contributed by atoms with Crippen LogP contribution in [0.3, 0.4) is 0 Å². The Balaban J connectivity index is 2.15. The molecule has 1 atom stereocenters. The molecule has 16 heavy (non-hydrogen) atoms. The van der Waals surface area contributed by atoms with E-state index in [1.165, 1.54) is 12.8 Å². The van der Waals surface area contributed by atoms with Crippen LogP contribution in [0.4, 0.5) is 0 Å². The SMILES string of the molecule is CCNC(CO)(Cn1ccnc1C)C1CC1. The van der Waals surface area contributed by atoms with Gasteiger partial charge in [-0.05, 0) is 32.2 Å². The number of aryl methyl sites for hydroxylation is 1. The normalized spacial score (nSPS) is 19.7. The molecule has 0 spiro atoms. The van der Waals surface area contributed by atoms with Gasteiger partial charge in [-0.15, -0.1) is 0 Å². The van der Waals surface area contributed by atoms with E-state index in [0.29, 0.717) is 5.92 Å². The Morgan fingerprint density at radius 1 is 1.62 bits per heavy atom. The lowest BCUT2D eigenvalue weighted by Gasteiger charge is -2.34. The first-order chi connectivity index (χ1) is 7.72. The van der Waals surface area contributed by atoms with Crippen molar-refractivity contribution in [3.8, 4) is 0 Å². The summed E-state index contributed by atoms with van der Waals surface area (Å²) in [5.41, 5.74) is -0.153. The number of hydrogen-bond acceptors (Lipinski definition) is 3. The Labute approximate surface area is 96.7 Å². The first kappa shape index (κ1) is 11.6. The standard InChI is InChI=1S/C12H21N3O/c1-3-14-12(9-16,11-4-5-11)8-15-7-6-13-10(15)2/h6-7,11,14,16H,3-5,8-9H2,1-2H3. The van der Waals surface area contributed by atoms with Gasteiger partial charge >= 0.3 is 0 Å². The van der Waals surface area contributed by atoms with E-state index in [0.717, 1.165) is 18.9 Å². The zero-order chi connectivity index (χ0) is 11.6. The molecule has 2 N–H and O–H groups in total. The minimum absolute atomic E-state index is 0.153. The fourth-order valence-electron chi connectivity index (χ4n) is 2.43. The van der Waals surface area contributed by atoms with Crippen molar-refractivity contribution in [1.29, 1.82) is 0 Å². The average Bonchev–Trinajstić information content (AvgIpc) is 3.05. The highest BCUT2D eigenvalue weighted by molar-refractivity contribution is 5.03. The maximum atomic E-state index is 9.71. The van der Waals surface area contributed by atoms with Crippen LogP contribution in [0.5, 0.6) is 0 Å². The molecule has 0 bridgehead atoms. The van der Waals surface area contributed by atoms with Crippen LogP contribution < -0.4 is 5.32 Å². The van der Waals surface area contributed by atoms with Crippen LogP contribution in [-0.2, 0) is 6.54 Å². The maximum absolute atomic E-state index is 9.71. The Hall–Kier alpha value is -0.870. The lowest BCUT2D eigenvalue weighted by molar-refractivity contribution is 0.123. The Morgan fingerprint density at radius 2 is 2.38 bits per heavy atom. The smallest absolute Gasteiger partial charge is 0.105 e. The van der Waals surface area contributed by atoms with Gasteiger partial charge in [0.25, 0.3) is 0 Å². The molecule has 4 nitrogen and oxygen atoms in total. The number of imidazole rings is 1. The number of nitrogens with zero attached hydrogens (tertiary/aromatic N) is 2. The molecule has 2 rings (SSSR count). The van der Waals surface area contributed by atoms with Gasteiger partial charge in [0.15, 0.2) is 0 Å². The van der Waals surface area contributed by atoms with E-state index in [4.69, 9.17) is 0 Å². The highest BCUT2D eigenvalue weighted by atomic mass is 16.3. The lowest BCUT2D eigenvalue weighted by atomic mass is 9.93. The van der Waals surface area contributed by atoms with E-state index in [1.54, 1.807) is 0 Å². The van der Waals surface area contributed by atoms with Gasteiger partial charge in [0.1, 0.15) is 5.82 Å². The van der Waals surface area contributed by atoms with Gasteiger partial charge in [-0.2, -0.15) is 0 Å². The van der Waals surface area contributed by atoms with Crippen LogP contribution in [0.2, 0.25) is 0 Å². The molecule has 0 saturated heterocycles. The van der Waals surface area contributed by atoms with E-state index in [-0.39, 0.29) is 12.1 Å². The Morgan fingerprint density at radius 3 is 2.81 bits per heavy atom. The third-order valence-electron chi connectivity index (χ3n) is 3.55. The fourth-order valence-corrected chi connectivity index (χ4v) is 2.43. The summed E-state index contributed by atoms with van der Waals surface area (Å²) < 4.78 is 2.12. The summed E-state index contributed by atoms with van der Waals surface area (Å²) in [5, 5.41) is 13.2. The molecule has 1 saturated carbocycles. The third kappa shape index (κ3) is 2.13. The first-order valence-corrected chi connectivity index (χ1v) is 6.05. The lowest BCUT2D eigenvalue weighted by Crippen LogP contribution is -2.53. The van der Waals surface area contributed by atoms with Gasteiger partial charge in [0.2, 0.25) is 0 Å². The minimum atomic E-state index is -0.153. The summed E-state index contributed by atoms with van der Waals surface area (Å²) in [4.78, 5) is 4.23. The molecule has 0 amide bonds. The summed E-state index contributed by atoms with van der Waals surface area (Å²) in [6.45, 7) is 6.00. The van der Waals surface area contributed by atoms with E-state index in [1.807, 2.05) is 19.3 Å². The van der Waals surface area contributed by atoms with Crippen molar-refractivity contribution in [1.82, 2.24) is 14.9 Å². The maximum Gasteiger partial charge on any atom is 0.105 e. The number of likely N-dealkylation sites (N-methyl/N-ethyl adjacent to an activating group) is 1. The minimum Gasteiger partial charge on any atom is -0.394 e. The highest BCUT2D eigenvalue weighted by Crippen LogP contribution is 2.40. The Bertz CT molecular complexity index is 346. The quantitative estimate of drug-likeness (QED) is 0.754. The largest absolute Gasteiger partial charge is 0.394 e. The van der Waals surface area contributed by atoms with E-state index in [9.17, 15) is 5.11 Å². The van der Waals surface area contributed by atoms with Gasteiger partial charge in [-0.3, -0.25) is 0 Å². The molecule has 1 fully saturated rings. The van der Waals surface area contributed by atoms with Gasteiger partial charge in [0, 0.05) is 18.9 Å². The molecule has 0 aliphatic heterocycles. The molecule has 1 aromatic rings. The van der Waals surface area contributed by atoms with Crippen LogP contribution in [0, 0.1) is 12.8 Å². The summed E-state index contributed by atoms with van der Waals surface area (Å²) in [7, 11) is 0. The van der Waals surface area contributed by atoms with Crippen LogP contribution in [0.25, 0.3) is 0 Å². The summed E-state index contributed by atoms with van der Waals surface area (Å²) in [6, 6.07) is 0. The van der Waals surface area contributed by atoms with Crippen LogP contribution in [0.1, 0.15) is 25.6 Å². The fraction of sp³-hybridized carbons (Fsp3) is 0.750. The topological polar surface area (TPSA) is 50.1 Å². The second-order valence-corrected chi connectivity index (χ2v) is 4.72. The van der Waals surface area contributed by atoms with Crippen molar-refractivity contribution in [2.75, 3.05) is 13.2 Å². The van der Waals surface area contributed by atoms with E-state index >= 15 is 0 Å². The van der Waals surface area contributed by atoms with Gasteiger partial charge in [-0.1, -0.05) is 6.92 Å². The molecule has 1 aromatic heterocycles. The zero-order valence-electron chi connectivity index (χ0n) is 10.1. The monoisotopic (exact) mass is 223 g/mol. The van der Waals surface area contributed by atoms with E-state index < -0.39 is 0 Å². The predicted molar refractivity (Wildman–Crippen MR) is 63.2 cm³/mol. The number of nitrogens with one attached hydrogen (secondary N) is 1. The van der Waals surface area contributed by atoms with E-state index in [2.05, 4.69) is 21.8 Å². The molecular weight excluding hydrogens is 202 g/mol. The summed E-state index contributed by atoms with van der Waals surface area (Å²) >= 11 is 0. The molecule has 1 aliphatic rings. The van der Waals surface area contributed by atoms with Crippen LogP contribution in [-0.4, -0.2) is 33.3 Å². The number of aliphatic hydroxyl groups is 1. The molecule has 4 heteroatoms. The number of hydrogen-bond donors (Lipinski definition) is 2. The summed E-state index contributed by atoms with van der Waals surface area (Å²) in [6.07, 6.45) is 6.25. The van der Waals surface area contributed by atoms with Crippen LogP contribution in [0.15, 0.2) is 12.4 Å². The van der Waals surface area contributed by atoms with Gasteiger partial charge in [-0.25, -0.2) is 4.98 Å². The molecule has 1 aliphatic carbocycles. The van der Waals surface area contributed by atoms with Crippen molar-refractivity contribution >= 4 is 0 Å². The van der Waals surface area contributed by atoms with Gasteiger partial charge in [0.05, 0.1) is 12.1 Å². The number of aromatic nitrogens is 2. The molecule has 1 unspecified atom stereocenters. The molecule has 90 valence electrons. The summed E-state index contributed by atoms with van der Waals surface area (Å²) in [5.74, 6) is 1.62. The van der Waals surface area contributed by atoms with Crippen molar-refractivity contribution < 1.29 is 5.11 Å². The molecule has 0 radical (unpaired) electrons. The Kier molecular flexibility index (Phi) is 3.30. The van der Waals surface area contributed by atoms with Crippen molar-refractivity contribution in [3.63, 3.8) is 0 Å². The van der Waals surface area contributed by atoms with Crippen LogP contribution >= 0.6 is 0 Å². The second kappa shape index (κ2) is 4.55. The highest BCUT2D eigenvalue weighted by Gasteiger charge is 2.44. The number of rotatable bonds is 6. The second-order valence-electron chi connectivity index (χ2n) is 4.72. The zero-order valence-corrected chi connectivity index (χ0v) is 10.1.